The van der Waals surface area contributed by atoms with Gasteiger partial charge in [-0.3, -0.25) is 9.59 Å². The van der Waals surface area contributed by atoms with E-state index in [9.17, 15) is 9.59 Å². The monoisotopic (exact) mass is 308 g/mol. The van der Waals surface area contributed by atoms with Crippen LogP contribution in [-0.4, -0.2) is 38.1 Å². The lowest BCUT2D eigenvalue weighted by Gasteiger charge is -2.30. The summed E-state index contributed by atoms with van der Waals surface area (Å²) in [5.74, 6) is -0.585. The summed E-state index contributed by atoms with van der Waals surface area (Å²) in [7, 11) is 0. The van der Waals surface area contributed by atoms with Crippen molar-refractivity contribution in [2.24, 2.45) is 0 Å². The molecule has 4 rings (SSSR count). The first kappa shape index (κ1) is 14.0. The van der Waals surface area contributed by atoms with Gasteiger partial charge < -0.3 is 9.64 Å². The number of hydrogen-bond donors (Lipinski definition) is 0. The zero-order valence-corrected chi connectivity index (χ0v) is 12.6. The third-order valence-corrected chi connectivity index (χ3v) is 4.25. The Morgan fingerprint density at radius 3 is 2.35 bits per heavy atom. The van der Waals surface area contributed by atoms with Crippen molar-refractivity contribution >= 4 is 34.0 Å². The van der Waals surface area contributed by atoms with Crippen molar-refractivity contribution in [3.05, 3.63) is 48.6 Å². The Morgan fingerprint density at radius 2 is 1.61 bits per heavy atom. The molecule has 0 atom stereocenters. The van der Waals surface area contributed by atoms with Crippen LogP contribution >= 0.6 is 0 Å². The molecule has 1 fully saturated rings. The first-order chi connectivity index (χ1) is 11.2. The number of ether oxygens (including phenoxy) is 1. The van der Waals surface area contributed by atoms with Crippen LogP contribution in [-0.2, 0) is 14.3 Å². The predicted molar refractivity (Wildman–Crippen MR) is 88.6 cm³/mol. The Morgan fingerprint density at radius 1 is 0.913 bits per heavy atom. The summed E-state index contributed by atoms with van der Waals surface area (Å²) in [6.07, 6.45) is 2.64. The summed E-state index contributed by atoms with van der Waals surface area (Å²) >= 11 is 0. The predicted octanol–water partition coefficient (Wildman–Crippen LogP) is 2.11. The maximum Gasteiger partial charge on any atom is 0.258 e. The molecule has 2 aromatic rings. The van der Waals surface area contributed by atoms with Crippen molar-refractivity contribution in [1.82, 2.24) is 0 Å². The van der Waals surface area contributed by atoms with Crippen LogP contribution in [0.25, 0.3) is 10.8 Å². The largest absolute Gasteiger partial charge is 0.378 e. The molecule has 1 saturated heterocycles. The van der Waals surface area contributed by atoms with Gasteiger partial charge >= 0.3 is 0 Å². The number of anilines is 2. The maximum absolute atomic E-state index is 12.1. The summed E-state index contributed by atoms with van der Waals surface area (Å²) in [4.78, 5) is 27.7. The molecule has 0 spiro atoms. The van der Waals surface area contributed by atoms with Gasteiger partial charge in [-0.25, -0.2) is 4.90 Å². The topological polar surface area (TPSA) is 49.9 Å². The van der Waals surface area contributed by atoms with Crippen LogP contribution in [0.5, 0.6) is 0 Å². The molecule has 0 radical (unpaired) electrons. The lowest BCUT2D eigenvalue weighted by atomic mass is 10.1. The molecular formula is C18H16N2O3. The van der Waals surface area contributed by atoms with E-state index in [1.54, 1.807) is 0 Å². The number of hydrogen-bond acceptors (Lipinski definition) is 4. The van der Waals surface area contributed by atoms with Crippen molar-refractivity contribution in [1.29, 1.82) is 0 Å². The highest BCUT2D eigenvalue weighted by Gasteiger charge is 2.27. The van der Waals surface area contributed by atoms with Crippen LogP contribution in [0.15, 0.2) is 48.6 Å². The Hall–Kier alpha value is -2.66. The van der Waals surface area contributed by atoms with E-state index in [1.807, 2.05) is 30.3 Å². The minimum Gasteiger partial charge on any atom is -0.378 e. The van der Waals surface area contributed by atoms with Gasteiger partial charge in [0.15, 0.2) is 0 Å². The van der Waals surface area contributed by atoms with Crippen molar-refractivity contribution in [2.75, 3.05) is 36.1 Å². The number of fused-ring (bicyclic) bond motifs is 1. The summed E-state index contributed by atoms with van der Waals surface area (Å²) < 4.78 is 5.40. The normalized spacial score (nSPS) is 18.3. The average molecular weight is 308 g/mol. The van der Waals surface area contributed by atoms with Crippen molar-refractivity contribution in [3.8, 4) is 0 Å². The maximum atomic E-state index is 12.1. The van der Waals surface area contributed by atoms with Crippen molar-refractivity contribution in [2.45, 2.75) is 0 Å². The zero-order valence-electron chi connectivity index (χ0n) is 12.6. The second-order valence-electron chi connectivity index (χ2n) is 5.63. The molecule has 2 aliphatic rings. The fraction of sp³-hybridized carbons (Fsp3) is 0.222. The Bertz CT molecular complexity index is 804. The third kappa shape index (κ3) is 2.39. The molecule has 23 heavy (non-hydrogen) atoms. The van der Waals surface area contributed by atoms with Crippen molar-refractivity contribution < 1.29 is 14.3 Å². The van der Waals surface area contributed by atoms with Gasteiger partial charge in [-0.05, 0) is 17.5 Å². The highest BCUT2D eigenvalue weighted by atomic mass is 16.5. The second-order valence-corrected chi connectivity index (χ2v) is 5.63. The average Bonchev–Trinajstić information content (AvgIpc) is 2.93. The molecule has 0 N–H and O–H groups in total. The van der Waals surface area contributed by atoms with Crippen LogP contribution in [0.4, 0.5) is 11.4 Å². The van der Waals surface area contributed by atoms with Crippen LogP contribution < -0.4 is 9.80 Å². The van der Waals surface area contributed by atoms with E-state index in [-0.39, 0.29) is 11.8 Å². The van der Waals surface area contributed by atoms with Gasteiger partial charge in [0, 0.05) is 36.3 Å². The molecule has 0 aliphatic carbocycles. The molecule has 2 amide bonds. The first-order valence-electron chi connectivity index (χ1n) is 7.66. The SMILES string of the molecule is O=C1C=CC(=O)N1c1cc(N2CCOCC2)cc2ccccc12. The summed E-state index contributed by atoms with van der Waals surface area (Å²) in [6, 6.07) is 11.8. The highest BCUT2D eigenvalue weighted by molar-refractivity contribution is 6.30. The van der Waals surface area contributed by atoms with E-state index in [4.69, 9.17) is 4.74 Å². The molecule has 116 valence electrons. The molecule has 0 saturated carbocycles. The zero-order chi connectivity index (χ0) is 15.8. The fourth-order valence-corrected chi connectivity index (χ4v) is 3.10. The molecule has 2 heterocycles. The Labute approximate surface area is 133 Å². The minimum absolute atomic E-state index is 0.292. The molecule has 5 nitrogen and oxygen atoms in total. The third-order valence-electron chi connectivity index (χ3n) is 4.25. The van der Waals surface area contributed by atoms with Gasteiger partial charge in [-0.1, -0.05) is 24.3 Å². The number of nitrogens with zero attached hydrogens (tertiary/aromatic N) is 2. The van der Waals surface area contributed by atoms with Crippen LogP contribution in [0.3, 0.4) is 0 Å². The summed E-state index contributed by atoms with van der Waals surface area (Å²) in [5.41, 5.74) is 1.65. The van der Waals surface area contributed by atoms with Gasteiger partial charge in [0.1, 0.15) is 0 Å². The molecule has 0 bridgehead atoms. The number of imide groups is 1. The first-order valence-corrected chi connectivity index (χ1v) is 7.66. The number of carbonyl (C=O) groups is 2. The molecular weight excluding hydrogens is 292 g/mol. The van der Waals surface area contributed by atoms with Gasteiger partial charge in [0.25, 0.3) is 11.8 Å². The van der Waals surface area contributed by atoms with Gasteiger partial charge in [-0.15, -0.1) is 0 Å². The van der Waals surface area contributed by atoms with Gasteiger partial charge in [0.2, 0.25) is 0 Å². The fourth-order valence-electron chi connectivity index (χ4n) is 3.10. The Balaban J connectivity index is 1.87. The van der Waals surface area contributed by atoms with E-state index in [0.29, 0.717) is 18.9 Å². The summed E-state index contributed by atoms with van der Waals surface area (Å²) in [6.45, 7) is 2.98. The van der Waals surface area contributed by atoms with E-state index in [0.717, 1.165) is 29.5 Å². The molecule has 2 aliphatic heterocycles. The minimum atomic E-state index is -0.292. The molecule has 2 aromatic carbocycles. The number of rotatable bonds is 2. The standard InChI is InChI=1S/C18H16N2O3/c21-17-5-6-18(22)20(17)16-12-14(19-7-9-23-10-8-19)11-13-3-1-2-4-15(13)16/h1-6,11-12H,7-10H2. The quantitative estimate of drug-likeness (QED) is 0.797. The van der Waals surface area contributed by atoms with E-state index < -0.39 is 0 Å². The Kier molecular flexibility index (Phi) is 3.35. The van der Waals surface area contributed by atoms with Crippen LogP contribution in [0, 0.1) is 0 Å². The lowest BCUT2D eigenvalue weighted by Crippen LogP contribution is -2.36. The van der Waals surface area contributed by atoms with Crippen molar-refractivity contribution in [3.63, 3.8) is 0 Å². The molecule has 0 unspecified atom stereocenters. The van der Waals surface area contributed by atoms with Crippen LogP contribution in [0.1, 0.15) is 0 Å². The lowest BCUT2D eigenvalue weighted by molar-refractivity contribution is -0.119. The van der Waals surface area contributed by atoms with Gasteiger partial charge in [-0.2, -0.15) is 0 Å². The number of benzene rings is 2. The number of carbonyl (C=O) groups excluding carboxylic acids is 2. The molecule has 0 aromatic heterocycles. The molecule has 5 heteroatoms. The van der Waals surface area contributed by atoms with E-state index in [1.165, 1.54) is 17.1 Å². The van der Waals surface area contributed by atoms with E-state index >= 15 is 0 Å². The summed E-state index contributed by atoms with van der Waals surface area (Å²) in [5, 5.41) is 1.91. The second kappa shape index (κ2) is 5.52. The van der Waals surface area contributed by atoms with Crippen LogP contribution in [0.2, 0.25) is 0 Å². The highest BCUT2D eigenvalue weighted by Crippen LogP contribution is 2.34. The smallest absolute Gasteiger partial charge is 0.258 e. The number of amides is 2. The van der Waals surface area contributed by atoms with Gasteiger partial charge in [0.05, 0.1) is 18.9 Å². The number of morpholine rings is 1. The van der Waals surface area contributed by atoms with E-state index in [2.05, 4.69) is 11.0 Å².